The normalized spacial score (nSPS) is 40.5. The third-order valence-electron chi connectivity index (χ3n) is 17.9. The number of carbonyl (C=O) groups excluding carboxylic acids is 2. The number of carbonyl (C=O) groups is 2. The highest BCUT2D eigenvalue weighted by atomic mass is 35.5. The molecule has 57 heavy (non-hydrogen) atoms. The molecule has 2 aromatic carbocycles. The minimum atomic E-state index is -1.21. The maximum absolute atomic E-state index is 15.3. The predicted octanol–water partition coefficient (Wildman–Crippen LogP) is 9.80. The summed E-state index contributed by atoms with van der Waals surface area (Å²) in [5.74, 6) is 1.71. The van der Waals surface area contributed by atoms with Gasteiger partial charge in [-0.15, -0.1) is 0 Å². The molecule has 2 spiro atoms. The number of aliphatic hydroxyl groups excluding tert-OH is 1. The minimum absolute atomic E-state index is 0.0919. The van der Waals surface area contributed by atoms with Crippen molar-refractivity contribution in [3.63, 3.8) is 0 Å². The number of benzene rings is 2. The second-order valence-electron chi connectivity index (χ2n) is 20.3. The van der Waals surface area contributed by atoms with Gasteiger partial charge in [-0.05, 0) is 141 Å². The van der Waals surface area contributed by atoms with Gasteiger partial charge in [0.15, 0.2) is 5.78 Å². The number of Topliss-reactive ketones (excluding diaryl/α,β-unsaturated/α-hetero) is 1. The molecule has 11 rings (SSSR count). The molecule has 0 radical (unpaired) electrons. The van der Waals surface area contributed by atoms with Crippen LogP contribution in [0.1, 0.15) is 97.5 Å². The lowest BCUT2D eigenvalue weighted by Crippen LogP contribution is -2.67. The van der Waals surface area contributed by atoms with Crippen LogP contribution in [-0.2, 0) is 11.2 Å². The molecule has 1 unspecified atom stereocenters. The largest absolute Gasteiger partial charge is 0.497 e. The number of nitrogens with zero attached hydrogens (tertiary/aromatic N) is 1. The molecule has 11 atom stereocenters. The summed E-state index contributed by atoms with van der Waals surface area (Å²) in [6.07, 6.45) is 14.4. The van der Waals surface area contributed by atoms with Crippen LogP contribution in [-0.4, -0.2) is 58.8 Å². The Labute approximate surface area is 342 Å². The number of aliphatic hydroxyl groups is 2. The highest BCUT2D eigenvalue weighted by Gasteiger charge is 2.74. The summed E-state index contributed by atoms with van der Waals surface area (Å²) in [6, 6.07) is 11.7. The van der Waals surface area contributed by atoms with Gasteiger partial charge in [0.25, 0.3) is 0 Å². The first kappa shape index (κ1) is 39.3. The van der Waals surface area contributed by atoms with Gasteiger partial charge in [0.1, 0.15) is 11.6 Å². The Balaban J connectivity index is 1.08. The molecule has 2 amide bonds. The fourth-order valence-electron chi connectivity index (χ4n) is 14.5. The second kappa shape index (κ2) is 13.4. The number of hydrogen-bond acceptors (Lipinski definition) is 5. The maximum atomic E-state index is 15.3. The Morgan fingerprint density at radius 1 is 0.947 bits per heavy atom. The summed E-state index contributed by atoms with van der Waals surface area (Å²) in [7, 11) is 1.62. The van der Waals surface area contributed by atoms with Crippen molar-refractivity contribution < 1.29 is 28.9 Å². The lowest BCUT2D eigenvalue weighted by Gasteiger charge is -2.71. The zero-order chi connectivity index (χ0) is 40.3. The summed E-state index contributed by atoms with van der Waals surface area (Å²) >= 11 is 6.53. The lowest BCUT2D eigenvalue weighted by molar-refractivity contribution is -0.178. The topological polar surface area (TPSA) is 99.1 Å². The van der Waals surface area contributed by atoms with Crippen LogP contribution in [0, 0.1) is 62.5 Å². The molecule has 0 heterocycles. The zero-order valence-corrected chi connectivity index (χ0v) is 35.0. The summed E-state index contributed by atoms with van der Waals surface area (Å²) in [5, 5.41) is 27.8. The molecule has 306 valence electrons. The van der Waals surface area contributed by atoms with Crippen LogP contribution in [0.5, 0.6) is 5.75 Å². The number of halogens is 2. The SMILES string of the molecule is COc1ccc(NC(=O)N(C[C@@H]2CC[C@H]3C[C@@H]2C3(C)C)C[C@]2(O)CC[C@H]3[C@]45C=C[C@@]6(C=C4C(=O)Cc4c(F)cccc4Cl)CC(O)CC[C@]6(C)[C@H]5CC[C@@]32C)cc1. The molecule has 0 aromatic heterocycles. The van der Waals surface area contributed by atoms with E-state index < -0.39 is 33.8 Å². The maximum Gasteiger partial charge on any atom is 0.321 e. The molecule has 2 aromatic rings. The van der Waals surface area contributed by atoms with Gasteiger partial charge in [-0.25, -0.2) is 9.18 Å². The third kappa shape index (κ3) is 5.61. The van der Waals surface area contributed by atoms with Gasteiger partial charge in [0, 0.05) is 51.1 Å². The molecule has 0 aliphatic heterocycles. The van der Waals surface area contributed by atoms with E-state index in [4.69, 9.17) is 16.3 Å². The molecule has 3 N–H and O–H groups in total. The number of rotatable bonds is 9. The molecule has 9 heteroatoms. The lowest BCUT2D eigenvalue weighted by atomic mass is 9.32. The van der Waals surface area contributed by atoms with Crippen LogP contribution in [0.3, 0.4) is 0 Å². The number of amides is 2. The molecule has 0 saturated heterocycles. The second-order valence-corrected chi connectivity index (χ2v) is 20.8. The quantitative estimate of drug-likeness (QED) is 0.220. The molecule has 4 bridgehead atoms. The van der Waals surface area contributed by atoms with Crippen molar-refractivity contribution in [1.82, 2.24) is 4.90 Å². The molecule has 9 aliphatic carbocycles. The first-order valence-electron chi connectivity index (χ1n) is 21.5. The highest BCUT2D eigenvalue weighted by molar-refractivity contribution is 6.31. The molecule has 7 nitrogen and oxygen atoms in total. The average molecular weight is 799 g/mol. The van der Waals surface area contributed by atoms with Crippen molar-refractivity contribution in [3.8, 4) is 5.75 Å². The van der Waals surface area contributed by atoms with Crippen LogP contribution in [0.25, 0.3) is 0 Å². The summed E-state index contributed by atoms with van der Waals surface area (Å²) in [5.41, 5.74) is -1.39. The summed E-state index contributed by atoms with van der Waals surface area (Å²) < 4.78 is 20.6. The van der Waals surface area contributed by atoms with Crippen LogP contribution < -0.4 is 10.1 Å². The van der Waals surface area contributed by atoms with E-state index in [1.807, 2.05) is 29.2 Å². The van der Waals surface area contributed by atoms with E-state index in [0.29, 0.717) is 61.1 Å². The Hall–Kier alpha value is -3.20. The Bertz CT molecular complexity index is 2010. The summed E-state index contributed by atoms with van der Waals surface area (Å²) in [4.78, 5) is 31.3. The number of urea groups is 1. The van der Waals surface area contributed by atoms with E-state index >= 15 is 4.39 Å². The molecule has 6 saturated carbocycles. The Morgan fingerprint density at radius 2 is 1.67 bits per heavy atom. The van der Waals surface area contributed by atoms with Gasteiger partial charge in [-0.2, -0.15) is 0 Å². The van der Waals surface area contributed by atoms with Crippen molar-refractivity contribution in [2.24, 2.45) is 56.7 Å². The van der Waals surface area contributed by atoms with E-state index in [1.54, 1.807) is 19.2 Å². The number of ether oxygens (including phenoxy) is 1. The predicted molar refractivity (Wildman–Crippen MR) is 220 cm³/mol. The number of nitrogens with one attached hydrogen (secondary N) is 1. The number of hydrogen-bond donors (Lipinski definition) is 3. The van der Waals surface area contributed by atoms with E-state index in [9.17, 15) is 19.8 Å². The smallest absolute Gasteiger partial charge is 0.321 e. The van der Waals surface area contributed by atoms with E-state index in [2.05, 4.69) is 51.2 Å². The van der Waals surface area contributed by atoms with E-state index in [0.717, 1.165) is 31.6 Å². The highest BCUT2D eigenvalue weighted by Crippen LogP contribution is 2.78. The molecular formula is C48H60ClFN2O5. The molecule has 6 fully saturated rings. The fourth-order valence-corrected chi connectivity index (χ4v) is 14.7. The fraction of sp³-hybridized carbons (Fsp3) is 0.625. The van der Waals surface area contributed by atoms with Crippen molar-refractivity contribution >= 4 is 29.1 Å². The number of ketones is 1. The van der Waals surface area contributed by atoms with Gasteiger partial charge < -0.3 is 25.2 Å². The van der Waals surface area contributed by atoms with Gasteiger partial charge in [0.2, 0.25) is 0 Å². The van der Waals surface area contributed by atoms with Crippen molar-refractivity contribution in [1.29, 1.82) is 0 Å². The Morgan fingerprint density at radius 3 is 2.37 bits per heavy atom. The van der Waals surface area contributed by atoms with Gasteiger partial charge in [-0.3, -0.25) is 4.79 Å². The van der Waals surface area contributed by atoms with Gasteiger partial charge >= 0.3 is 6.03 Å². The van der Waals surface area contributed by atoms with Gasteiger partial charge in [-0.1, -0.05) is 63.6 Å². The van der Waals surface area contributed by atoms with E-state index in [1.165, 1.54) is 18.9 Å². The monoisotopic (exact) mass is 798 g/mol. The first-order chi connectivity index (χ1) is 27.0. The zero-order valence-electron chi connectivity index (χ0n) is 34.3. The van der Waals surface area contributed by atoms with E-state index in [-0.39, 0.29) is 58.0 Å². The Kier molecular flexibility index (Phi) is 9.24. The van der Waals surface area contributed by atoms with Crippen molar-refractivity contribution in [2.75, 3.05) is 25.5 Å². The van der Waals surface area contributed by atoms with Gasteiger partial charge in [0.05, 0.1) is 25.4 Å². The first-order valence-corrected chi connectivity index (χ1v) is 21.9. The third-order valence-corrected chi connectivity index (χ3v) is 18.3. The molecular weight excluding hydrogens is 739 g/mol. The summed E-state index contributed by atoms with van der Waals surface area (Å²) in [6.45, 7) is 10.1. The van der Waals surface area contributed by atoms with Crippen LogP contribution in [0.2, 0.25) is 5.02 Å². The average Bonchev–Trinajstić information content (AvgIpc) is 3.45. The van der Waals surface area contributed by atoms with Crippen molar-refractivity contribution in [2.45, 2.75) is 110 Å². The number of anilines is 1. The molecule has 9 aliphatic rings. The minimum Gasteiger partial charge on any atom is -0.497 e. The van der Waals surface area contributed by atoms with Crippen molar-refractivity contribution in [3.05, 3.63) is 82.7 Å². The van der Waals surface area contributed by atoms with Crippen LogP contribution >= 0.6 is 11.6 Å². The standard InChI is InChI=1S/C48H60ClFN2O5/c1-43(2)30-10-9-29(35(43)23-30)27-52(42(55)51-31-11-13-33(57-5)14-12-31)28-47(56)20-17-41-45(47,4)19-16-40-44(3)18-15-32(53)25-46(44)21-22-48(40,41)36(26-46)39(54)24-34-37(49)7-6-8-38(34)50/h6-8,11-14,21-22,26,29-30,32,35,40-41,53,56H,9-10,15-20,23-25,27-28H2,1-5H3,(H,51,55)/t29-,30-,32?,35-,40+,41+,44+,45-,46-,47+,48+/m0/s1. The van der Waals surface area contributed by atoms with Crippen LogP contribution in [0.4, 0.5) is 14.9 Å². The number of fused-ring (bicyclic) bond motifs is 3. The van der Waals surface area contributed by atoms with Crippen LogP contribution in [0.15, 0.2) is 66.3 Å². The number of allylic oxidation sites excluding steroid dienone is 4. The number of methoxy groups -OCH3 is 1.